The van der Waals surface area contributed by atoms with Crippen LogP contribution in [0, 0.1) is 17.3 Å². The third-order valence-electron chi connectivity index (χ3n) is 2.16. The van der Waals surface area contributed by atoms with Crippen LogP contribution < -0.4 is 0 Å². The zero-order valence-electron chi connectivity index (χ0n) is 9.27. The summed E-state index contributed by atoms with van der Waals surface area (Å²) in [5.74, 6) is 1.05. The average molecular weight is 170 g/mol. The van der Waals surface area contributed by atoms with Gasteiger partial charge in [0.15, 0.2) is 0 Å². The quantitative estimate of drug-likeness (QED) is 0.635. The molecule has 1 heteroatoms. The van der Waals surface area contributed by atoms with Crippen LogP contribution in [0.1, 0.15) is 48.0 Å². The van der Waals surface area contributed by atoms with Gasteiger partial charge in [-0.1, -0.05) is 34.6 Å². The van der Waals surface area contributed by atoms with E-state index in [1.807, 2.05) is 0 Å². The standard InChI is InChI=1S/C11H22O/c1-8(2)10(9(3)12)7-11(4,5)6/h8,10H,7H2,1-6H3. The Morgan fingerprint density at radius 1 is 1.25 bits per heavy atom. The molecule has 0 amide bonds. The van der Waals surface area contributed by atoms with Crippen molar-refractivity contribution >= 4 is 5.78 Å². The van der Waals surface area contributed by atoms with Crippen LogP contribution in [0.25, 0.3) is 0 Å². The van der Waals surface area contributed by atoms with E-state index in [-0.39, 0.29) is 11.3 Å². The van der Waals surface area contributed by atoms with E-state index in [2.05, 4.69) is 34.6 Å². The number of carbonyl (C=O) groups excluding carboxylic acids is 1. The molecule has 0 bridgehead atoms. The minimum atomic E-state index is 0.241. The third kappa shape index (κ3) is 4.53. The fourth-order valence-electron chi connectivity index (χ4n) is 1.51. The molecule has 0 fully saturated rings. The van der Waals surface area contributed by atoms with Crippen molar-refractivity contribution in [3.8, 4) is 0 Å². The van der Waals surface area contributed by atoms with Crippen molar-refractivity contribution in [2.45, 2.75) is 48.0 Å². The molecule has 1 nitrogen and oxygen atoms in total. The summed E-state index contributed by atoms with van der Waals surface area (Å²) in [5.41, 5.74) is 0.264. The number of ketones is 1. The maximum atomic E-state index is 11.3. The summed E-state index contributed by atoms with van der Waals surface area (Å²) in [4.78, 5) is 11.3. The Bertz CT molecular complexity index is 151. The second-order valence-electron chi connectivity index (χ2n) is 5.23. The lowest BCUT2D eigenvalue weighted by molar-refractivity contribution is -0.123. The third-order valence-corrected chi connectivity index (χ3v) is 2.16. The highest BCUT2D eigenvalue weighted by Crippen LogP contribution is 2.29. The number of carbonyl (C=O) groups is 1. The normalized spacial score (nSPS) is 14.9. The van der Waals surface area contributed by atoms with Crippen molar-refractivity contribution in [1.29, 1.82) is 0 Å². The smallest absolute Gasteiger partial charge is 0.133 e. The van der Waals surface area contributed by atoms with E-state index in [1.165, 1.54) is 0 Å². The molecule has 1 atom stereocenters. The van der Waals surface area contributed by atoms with Crippen molar-refractivity contribution in [2.24, 2.45) is 17.3 Å². The number of hydrogen-bond acceptors (Lipinski definition) is 1. The van der Waals surface area contributed by atoms with Crippen molar-refractivity contribution in [3.05, 3.63) is 0 Å². The molecular formula is C11H22O. The lowest BCUT2D eigenvalue weighted by Crippen LogP contribution is -2.23. The molecule has 0 heterocycles. The van der Waals surface area contributed by atoms with Crippen LogP contribution >= 0.6 is 0 Å². The van der Waals surface area contributed by atoms with Crippen molar-refractivity contribution in [2.75, 3.05) is 0 Å². The Morgan fingerprint density at radius 3 is 1.75 bits per heavy atom. The molecule has 0 spiro atoms. The minimum Gasteiger partial charge on any atom is -0.300 e. The van der Waals surface area contributed by atoms with Crippen LogP contribution in [-0.2, 0) is 4.79 Å². The fraction of sp³-hybridized carbons (Fsp3) is 0.909. The Labute approximate surface area is 76.6 Å². The van der Waals surface area contributed by atoms with Gasteiger partial charge < -0.3 is 0 Å². The van der Waals surface area contributed by atoms with Crippen LogP contribution in [0.4, 0.5) is 0 Å². The second-order valence-corrected chi connectivity index (χ2v) is 5.23. The van der Waals surface area contributed by atoms with Gasteiger partial charge in [0, 0.05) is 5.92 Å². The van der Waals surface area contributed by atoms with E-state index >= 15 is 0 Å². The maximum Gasteiger partial charge on any atom is 0.133 e. The maximum absolute atomic E-state index is 11.3. The first-order valence-corrected chi connectivity index (χ1v) is 4.74. The lowest BCUT2D eigenvalue weighted by atomic mass is 9.78. The van der Waals surface area contributed by atoms with Crippen molar-refractivity contribution in [1.82, 2.24) is 0 Å². The molecule has 0 aromatic rings. The van der Waals surface area contributed by atoms with Gasteiger partial charge in [-0.05, 0) is 24.7 Å². The Hall–Kier alpha value is -0.330. The monoisotopic (exact) mass is 170 g/mol. The SMILES string of the molecule is CC(=O)C(CC(C)(C)C)C(C)C. The van der Waals surface area contributed by atoms with Crippen LogP contribution in [-0.4, -0.2) is 5.78 Å². The van der Waals surface area contributed by atoms with Gasteiger partial charge in [0.05, 0.1) is 0 Å². The summed E-state index contributed by atoms with van der Waals surface area (Å²) < 4.78 is 0. The number of Topliss-reactive ketones (excluding diaryl/α,β-unsaturated/α-hetero) is 1. The Morgan fingerprint density at radius 2 is 1.67 bits per heavy atom. The van der Waals surface area contributed by atoms with Crippen LogP contribution in [0.15, 0.2) is 0 Å². The first-order valence-electron chi connectivity index (χ1n) is 4.74. The van der Waals surface area contributed by atoms with Crippen LogP contribution in [0.3, 0.4) is 0 Å². The molecule has 0 aromatic carbocycles. The molecule has 12 heavy (non-hydrogen) atoms. The van der Waals surface area contributed by atoms with Crippen LogP contribution in [0.2, 0.25) is 0 Å². The predicted molar refractivity (Wildman–Crippen MR) is 53.1 cm³/mol. The van der Waals surface area contributed by atoms with Gasteiger partial charge in [-0.2, -0.15) is 0 Å². The fourth-order valence-corrected chi connectivity index (χ4v) is 1.51. The summed E-state index contributed by atoms with van der Waals surface area (Å²) in [6.45, 7) is 12.5. The molecule has 0 radical (unpaired) electrons. The molecule has 0 aliphatic rings. The molecule has 72 valence electrons. The van der Waals surface area contributed by atoms with Crippen molar-refractivity contribution < 1.29 is 4.79 Å². The highest BCUT2D eigenvalue weighted by molar-refractivity contribution is 5.78. The topological polar surface area (TPSA) is 17.1 Å². The number of rotatable bonds is 3. The molecule has 0 saturated heterocycles. The van der Waals surface area contributed by atoms with E-state index in [1.54, 1.807) is 6.92 Å². The van der Waals surface area contributed by atoms with E-state index in [0.717, 1.165) is 6.42 Å². The van der Waals surface area contributed by atoms with Gasteiger partial charge >= 0.3 is 0 Å². The second kappa shape index (κ2) is 4.06. The van der Waals surface area contributed by atoms with Gasteiger partial charge in [0.2, 0.25) is 0 Å². The lowest BCUT2D eigenvalue weighted by Gasteiger charge is -2.26. The highest BCUT2D eigenvalue weighted by atomic mass is 16.1. The average Bonchev–Trinajstić information content (AvgIpc) is 1.79. The van der Waals surface area contributed by atoms with Crippen LogP contribution in [0.5, 0.6) is 0 Å². The first kappa shape index (κ1) is 11.7. The highest BCUT2D eigenvalue weighted by Gasteiger charge is 2.24. The van der Waals surface area contributed by atoms with Gasteiger partial charge in [0.1, 0.15) is 5.78 Å². The molecule has 0 saturated carbocycles. The minimum absolute atomic E-state index is 0.241. The summed E-state index contributed by atoms with van der Waals surface area (Å²) in [6.07, 6.45) is 1.00. The van der Waals surface area contributed by atoms with Gasteiger partial charge in [-0.15, -0.1) is 0 Å². The zero-order valence-corrected chi connectivity index (χ0v) is 9.27. The molecular weight excluding hydrogens is 148 g/mol. The number of hydrogen-bond donors (Lipinski definition) is 0. The molecule has 1 unspecified atom stereocenters. The predicted octanol–water partition coefficient (Wildman–Crippen LogP) is 3.28. The molecule has 0 rings (SSSR count). The first-order chi connectivity index (χ1) is 5.24. The van der Waals surface area contributed by atoms with E-state index < -0.39 is 0 Å². The Kier molecular flexibility index (Phi) is 3.95. The van der Waals surface area contributed by atoms with E-state index in [0.29, 0.717) is 11.7 Å². The molecule has 0 N–H and O–H groups in total. The summed E-state index contributed by atoms with van der Waals surface area (Å²) in [5, 5.41) is 0. The summed E-state index contributed by atoms with van der Waals surface area (Å²) in [7, 11) is 0. The summed E-state index contributed by atoms with van der Waals surface area (Å²) in [6, 6.07) is 0. The van der Waals surface area contributed by atoms with E-state index in [9.17, 15) is 4.79 Å². The van der Waals surface area contributed by atoms with Gasteiger partial charge in [0.25, 0.3) is 0 Å². The molecule has 0 aliphatic carbocycles. The Balaban J connectivity index is 4.25. The summed E-state index contributed by atoms with van der Waals surface area (Å²) >= 11 is 0. The molecule has 0 aromatic heterocycles. The zero-order chi connectivity index (χ0) is 9.94. The van der Waals surface area contributed by atoms with Crippen molar-refractivity contribution in [3.63, 3.8) is 0 Å². The largest absolute Gasteiger partial charge is 0.300 e. The van der Waals surface area contributed by atoms with Gasteiger partial charge in [-0.25, -0.2) is 0 Å². The van der Waals surface area contributed by atoms with E-state index in [4.69, 9.17) is 0 Å². The van der Waals surface area contributed by atoms with Gasteiger partial charge in [-0.3, -0.25) is 4.79 Å². The molecule has 0 aliphatic heterocycles.